The van der Waals surface area contributed by atoms with E-state index in [4.69, 9.17) is 0 Å². The first-order chi connectivity index (χ1) is 10.2. The van der Waals surface area contributed by atoms with Gasteiger partial charge < -0.3 is 4.90 Å². The summed E-state index contributed by atoms with van der Waals surface area (Å²) in [6.45, 7) is 5.62. The maximum absolute atomic E-state index is 11.2. The molecular formula is C15H21N5O. The third-order valence-corrected chi connectivity index (χ3v) is 3.43. The number of hydrogen-bond acceptors (Lipinski definition) is 5. The van der Waals surface area contributed by atoms with Gasteiger partial charge in [-0.3, -0.25) is 4.79 Å². The van der Waals surface area contributed by atoms with Crippen molar-refractivity contribution < 1.29 is 4.79 Å². The Morgan fingerprint density at radius 1 is 1.05 bits per heavy atom. The summed E-state index contributed by atoms with van der Waals surface area (Å²) in [5.74, 6) is 1.11. The largest absolute Gasteiger partial charge is 0.371 e. The molecule has 2 aromatic rings. The van der Waals surface area contributed by atoms with Gasteiger partial charge in [-0.05, 0) is 34.7 Å². The van der Waals surface area contributed by atoms with Crippen molar-refractivity contribution in [1.29, 1.82) is 0 Å². The number of aryl methyl sites for hydroxylation is 1. The lowest BCUT2D eigenvalue weighted by Crippen LogP contribution is -2.33. The van der Waals surface area contributed by atoms with E-state index in [2.05, 4.69) is 32.6 Å². The van der Waals surface area contributed by atoms with E-state index >= 15 is 0 Å². The lowest BCUT2D eigenvalue weighted by molar-refractivity contribution is -0.119. The van der Waals surface area contributed by atoms with Crippen LogP contribution in [-0.4, -0.2) is 39.1 Å². The third kappa shape index (κ3) is 3.45. The quantitative estimate of drug-likeness (QED) is 0.846. The van der Waals surface area contributed by atoms with E-state index < -0.39 is 0 Å². The molecule has 1 fully saturated rings. The van der Waals surface area contributed by atoms with Crippen LogP contribution in [0.15, 0.2) is 24.3 Å². The Morgan fingerprint density at radius 3 is 2.19 bits per heavy atom. The normalized spacial score (nSPS) is 14.6. The topological polar surface area (TPSA) is 63.9 Å². The Hall–Kier alpha value is -2.24. The zero-order valence-corrected chi connectivity index (χ0v) is 12.8. The van der Waals surface area contributed by atoms with Crippen LogP contribution in [0.3, 0.4) is 0 Å². The van der Waals surface area contributed by atoms with Gasteiger partial charge in [0.05, 0.1) is 0 Å². The van der Waals surface area contributed by atoms with Gasteiger partial charge in [0, 0.05) is 44.2 Å². The highest BCUT2D eigenvalue weighted by Crippen LogP contribution is 2.22. The Kier molecular flexibility index (Phi) is 5.03. The SMILES string of the molecule is CC.Cn1nnnc1-c1ccc(N2CCC(=O)CC2)cc1. The zero-order valence-electron chi connectivity index (χ0n) is 12.8. The molecule has 0 atom stereocenters. The number of hydrogen-bond donors (Lipinski definition) is 0. The minimum atomic E-state index is 0.359. The fraction of sp³-hybridized carbons (Fsp3) is 0.467. The number of anilines is 1. The van der Waals surface area contributed by atoms with Crippen molar-refractivity contribution >= 4 is 11.5 Å². The minimum Gasteiger partial charge on any atom is -0.371 e. The molecule has 3 rings (SSSR count). The second-order valence-electron chi connectivity index (χ2n) is 4.70. The summed E-state index contributed by atoms with van der Waals surface area (Å²) in [5.41, 5.74) is 2.13. The number of piperidine rings is 1. The Labute approximate surface area is 124 Å². The molecular weight excluding hydrogens is 266 g/mol. The number of carbonyl (C=O) groups excluding carboxylic acids is 1. The highest BCUT2D eigenvalue weighted by Gasteiger charge is 2.16. The summed E-state index contributed by atoms with van der Waals surface area (Å²) < 4.78 is 1.65. The smallest absolute Gasteiger partial charge is 0.181 e. The number of tetrazole rings is 1. The molecule has 0 unspecified atom stereocenters. The van der Waals surface area contributed by atoms with Crippen molar-refractivity contribution in [2.75, 3.05) is 18.0 Å². The van der Waals surface area contributed by atoms with Gasteiger partial charge in [0.25, 0.3) is 0 Å². The third-order valence-electron chi connectivity index (χ3n) is 3.43. The molecule has 0 amide bonds. The average molecular weight is 287 g/mol. The predicted octanol–water partition coefficient (Wildman–Crippen LogP) is 2.07. The predicted molar refractivity (Wildman–Crippen MR) is 82.0 cm³/mol. The Morgan fingerprint density at radius 2 is 1.67 bits per heavy atom. The van der Waals surface area contributed by atoms with Crippen molar-refractivity contribution in [2.24, 2.45) is 7.05 Å². The van der Waals surface area contributed by atoms with E-state index in [9.17, 15) is 4.79 Å². The number of carbonyl (C=O) groups is 1. The Balaban J connectivity index is 0.000000774. The lowest BCUT2D eigenvalue weighted by atomic mass is 10.1. The number of nitrogens with zero attached hydrogens (tertiary/aromatic N) is 5. The molecule has 1 saturated heterocycles. The standard InChI is InChI=1S/C13H15N5O.C2H6/c1-17-13(14-15-16-17)10-2-4-11(5-3-10)18-8-6-12(19)7-9-18;1-2/h2-5H,6-9H2,1H3;1-2H3. The summed E-state index contributed by atoms with van der Waals surface area (Å²) in [6.07, 6.45) is 1.30. The van der Waals surface area contributed by atoms with Crippen LogP contribution in [0.5, 0.6) is 0 Å². The molecule has 6 nitrogen and oxygen atoms in total. The van der Waals surface area contributed by atoms with E-state index in [1.165, 1.54) is 0 Å². The van der Waals surface area contributed by atoms with Crippen LogP contribution in [0.4, 0.5) is 5.69 Å². The summed E-state index contributed by atoms with van der Waals surface area (Å²) >= 11 is 0. The zero-order chi connectivity index (χ0) is 15.2. The van der Waals surface area contributed by atoms with Crippen molar-refractivity contribution in [2.45, 2.75) is 26.7 Å². The van der Waals surface area contributed by atoms with Gasteiger partial charge in [0.1, 0.15) is 5.78 Å². The molecule has 1 aliphatic heterocycles. The van der Waals surface area contributed by atoms with Crippen LogP contribution in [0, 0.1) is 0 Å². The van der Waals surface area contributed by atoms with Crippen LogP contribution < -0.4 is 4.90 Å². The van der Waals surface area contributed by atoms with E-state index in [-0.39, 0.29) is 0 Å². The molecule has 2 heterocycles. The molecule has 0 N–H and O–H groups in total. The van der Waals surface area contributed by atoms with Crippen molar-refractivity contribution in [1.82, 2.24) is 20.2 Å². The van der Waals surface area contributed by atoms with Crippen LogP contribution in [0.2, 0.25) is 0 Å². The summed E-state index contributed by atoms with van der Waals surface area (Å²) in [4.78, 5) is 13.5. The van der Waals surface area contributed by atoms with Gasteiger partial charge in [-0.2, -0.15) is 0 Å². The summed E-state index contributed by atoms with van der Waals surface area (Å²) in [6, 6.07) is 8.13. The van der Waals surface area contributed by atoms with E-state index in [1.54, 1.807) is 4.68 Å². The summed E-state index contributed by atoms with van der Waals surface area (Å²) in [7, 11) is 1.82. The van der Waals surface area contributed by atoms with Crippen molar-refractivity contribution in [3.05, 3.63) is 24.3 Å². The molecule has 0 spiro atoms. The molecule has 6 heteroatoms. The fourth-order valence-corrected chi connectivity index (χ4v) is 2.31. The maximum atomic E-state index is 11.2. The first-order valence-electron chi connectivity index (χ1n) is 7.33. The van der Waals surface area contributed by atoms with Crippen molar-refractivity contribution in [3.63, 3.8) is 0 Å². The van der Waals surface area contributed by atoms with Crippen molar-refractivity contribution in [3.8, 4) is 11.4 Å². The van der Waals surface area contributed by atoms with Gasteiger partial charge >= 0.3 is 0 Å². The van der Waals surface area contributed by atoms with Crippen LogP contribution in [0.25, 0.3) is 11.4 Å². The first-order valence-corrected chi connectivity index (χ1v) is 7.33. The average Bonchev–Trinajstić information content (AvgIpc) is 2.96. The number of rotatable bonds is 2. The first kappa shape index (κ1) is 15.2. The van der Waals surface area contributed by atoms with Crippen LogP contribution in [-0.2, 0) is 11.8 Å². The number of aromatic nitrogens is 4. The number of Topliss-reactive ketones (excluding diaryl/α,β-unsaturated/α-hetero) is 1. The minimum absolute atomic E-state index is 0.359. The monoisotopic (exact) mass is 287 g/mol. The van der Waals surface area contributed by atoms with E-state index in [1.807, 2.05) is 33.0 Å². The molecule has 0 radical (unpaired) electrons. The van der Waals surface area contributed by atoms with Crippen LogP contribution >= 0.6 is 0 Å². The molecule has 0 saturated carbocycles. The second-order valence-corrected chi connectivity index (χ2v) is 4.70. The van der Waals surface area contributed by atoms with Gasteiger partial charge in [-0.1, -0.05) is 13.8 Å². The fourth-order valence-electron chi connectivity index (χ4n) is 2.31. The molecule has 0 bridgehead atoms. The highest BCUT2D eigenvalue weighted by atomic mass is 16.1. The molecule has 21 heavy (non-hydrogen) atoms. The number of ketones is 1. The molecule has 1 aliphatic rings. The molecule has 112 valence electrons. The molecule has 0 aliphatic carbocycles. The van der Waals surface area contributed by atoms with Crippen LogP contribution in [0.1, 0.15) is 26.7 Å². The highest BCUT2D eigenvalue weighted by molar-refractivity contribution is 5.81. The molecule has 1 aromatic carbocycles. The summed E-state index contributed by atoms with van der Waals surface area (Å²) in [5, 5.41) is 11.4. The van der Waals surface area contributed by atoms with E-state index in [0.717, 1.165) is 30.2 Å². The van der Waals surface area contributed by atoms with Gasteiger partial charge in [-0.25, -0.2) is 4.68 Å². The Bertz CT molecular complexity index is 580. The van der Waals surface area contributed by atoms with Gasteiger partial charge in [-0.15, -0.1) is 5.10 Å². The maximum Gasteiger partial charge on any atom is 0.181 e. The van der Waals surface area contributed by atoms with E-state index in [0.29, 0.717) is 18.6 Å². The lowest BCUT2D eigenvalue weighted by Gasteiger charge is -2.28. The van der Waals surface area contributed by atoms with Gasteiger partial charge in [0.15, 0.2) is 5.82 Å². The number of benzene rings is 1. The van der Waals surface area contributed by atoms with Gasteiger partial charge in [0.2, 0.25) is 0 Å². The molecule has 1 aromatic heterocycles. The second kappa shape index (κ2) is 6.97.